The third kappa shape index (κ3) is 7.79. The van der Waals surface area contributed by atoms with Crippen molar-refractivity contribution in [1.82, 2.24) is 20.6 Å². The summed E-state index contributed by atoms with van der Waals surface area (Å²) in [6.07, 6.45) is 6.46. The minimum absolute atomic E-state index is 0.238. The van der Waals surface area contributed by atoms with Gasteiger partial charge in [0.05, 0.1) is 18.9 Å². The Morgan fingerprint density at radius 2 is 1.92 bits per heavy atom. The van der Waals surface area contributed by atoms with Crippen LogP contribution in [0.5, 0.6) is 17.2 Å². The van der Waals surface area contributed by atoms with Gasteiger partial charge < -0.3 is 24.3 Å². The number of ether oxygens (including phenoxy) is 4. The number of nitrogens with zero attached hydrogens (tertiary/aromatic N) is 3. The molecular weight excluding hydrogens is 478 g/mol. The highest BCUT2D eigenvalue weighted by Gasteiger charge is 2.27. The van der Waals surface area contributed by atoms with E-state index < -0.39 is 6.10 Å². The molecule has 0 spiro atoms. The molecule has 0 saturated heterocycles. The predicted octanol–water partition coefficient (Wildman–Crippen LogP) is 3.87. The summed E-state index contributed by atoms with van der Waals surface area (Å²) < 4.78 is 22.4. The number of unbranched alkanes of at least 4 members (excludes halogenated alkanes) is 3. The lowest BCUT2D eigenvalue weighted by Crippen LogP contribution is -2.24. The van der Waals surface area contributed by atoms with Gasteiger partial charge >= 0.3 is 5.97 Å². The number of carbonyl (C=O) groups is 2. The van der Waals surface area contributed by atoms with Crippen LogP contribution in [0.3, 0.4) is 0 Å². The molecular formula is C26H29N5O6. The summed E-state index contributed by atoms with van der Waals surface area (Å²) in [4.78, 5) is 23.3. The van der Waals surface area contributed by atoms with E-state index in [-0.39, 0.29) is 18.5 Å². The van der Waals surface area contributed by atoms with Crippen LogP contribution in [-0.2, 0) is 14.3 Å². The number of amides is 1. The molecule has 2 N–H and O–H groups in total. The lowest BCUT2D eigenvalue weighted by atomic mass is 10.2. The number of H-pyrrole nitrogens is 1. The van der Waals surface area contributed by atoms with Crippen molar-refractivity contribution < 1.29 is 28.5 Å². The Bertz CT molecular complexity index is 1200. The van der Waals surface area contributed by atoms with Gasteiger partial charge in [0.1, 0.15) is 12.4 Å². The van der Waals surface area contributed by atoms with Crippen molar-refractivity contribution in [3.05, 3.63) is 59.9 Å². The van der Waals surface area contributed by atoms with Gasteiger partial charge in [0, 0.05) is 13.0 Å². The third-order valence-electron chi connectivity index (χ3n) is 5.47. The lowest BCUT2D eigenvalue weighted by Gasteiger charge is -2.26. The number of tetrazole rings is 1. The van der Waals surface area contributed by atoms with Crippen LogP contribution in [0.2, 0.25) is 0 Å². The Labute approximate surface area is 214 Å². The topological polar surface area (TPSA) is 138 Å². The molecule has 0 aliphatic carbocycles. The number of benzene rings is 2. The van der Waals surface area contributed by atoms with Gasteiger partial charge in [0.15, 0.2) is 23.4 Å². The number of rotatable bonds is 12. The van der Waals surface area contributed by atoms with E-state index >= 15 is 0 Å². The average Bonchev–Trinajstić information content (AvgIpc) is 3.45. The van der Waals surface area contributed by atoms with Crippen molar-refractivity contribution >= 4 is 23.6 Å². The highest BCUT2D eigenvalue weighted by Crippen LogP contribution is 2.41. The average molecular weight is 508 g/mol. The Kier molecular flexibility index (Phi) is 9.06. The summed E-state index contributed by atoms with van der Waals surface area (Å²) in [5.41, 5.74) is 1.35. The fraction of sp³-hybridized carbons (Fsp3) is 0.346. The number of aromatic nitrogens is 4. The van der Waals surface area contributed by atoms with E-state index in [4.69, 9.17) is 18.9 Å². The molecule has 1 aliphatic rings. The number of esters is 1. The fourth-order valence-electron chi connectivity index (χ4n) is 3.61. The number of hydrogen-bond donors (Lipinski definition) is 2. The molecule has 11 heteroatoms. The first-order valence-electron chi connectivity index (χ1n) is 12.1. The van der Waals surface area contributed by atoms with Crippen LogP contribution < -0.4 is 19.5 Å². The molecule has 0 bridgehead atoms. The minimum atomic E-state index is -0.510. The SMILES string of the molecule is CC(=O)OCCCCCCOc1ccc(/C=C/C(=O)Nc2cccc3c2OC(c2nnn[nH]2)CO3)cc1. The molecule has 2 heterocycles. The second-order valence-corrected chi connectivity index (χ2v) is 8.33. The van der Waals surface area contributed by atoms with Gasteiger partial charge in [-0.25, -0.2) is 5.10 Å². The molecule has 4 rings (SSSR count). The van der Waals surface area contributed by atoms with Crippen LogP contribution in [0.4, 0.5) is 5.69 Å². The molecule has 1 atom stereocenters. The Morgan fingerprint density at radius 1 is 1.11 bits per heavy atom. The van der Waals surface area contributed by atoms with Crippen LogP contribution in [-0.4, -0.2) is 52.3 Å². The monoisotopic (exact) mass is 507 g/mol. The molecule has 37 heavy (non-hydrogen) atoms. The maximum absolute atomic E-state index is 12.6. The molecule has 0 fully saturated rings. The Morgan fingerprint density at radius 3 is 2.68 bits per heavy atom. The van der Waals surface area contributed by atoms with Crippen molar-refractivity contribution in [2.24, 2.45) is 0 Å². The standard InChI is InChI=1S/C26H29N5O6/c1-18(32)34-15-4-2-3-5-16-35-20-12-9-19(10-13-20)11-14-24(33)27-21-7-6-8-22-25(21)37-23(17-36-22)26-28-30-31-29-26/h6-14,23H,2-5,15-17H2,1H3,(H,27,33)(H,28,29,30,31)/b14-11+. The fourth-order valence-corrected chi connectivity index (χ4v) is 3.61. The van der Waals surface area contributed by atoms with E-state index in [0.717, 1.165) is 37.0 Å². The first kappa shape index (κ1) is 25.7. The van der Waals surface area contributed by atoms with Crippen LogP contribution in [0.1, 0.15) is 50.1 Å². The number of hydrogen-bond acceptors (Lipinski definition) is 9. The number of aromatic amines is 1. The van der Waals surface area contributed by atoms with E-state index in [2.05, 4.69) is 25.9 Å². The zero-order valence-electron chi connectivity index (χ0n) is 20.5. The minimum Gasteiger partial charge on any atom is -0.494 e. The summed E-state index contributed by atoms with van der Waals surface area (Å²) in [6.45, 7) is 2.76. The molecule has 194 valence electrons. The second-order valence-electron chi connectivity index (χ2n) is 8.33. The molecule has 0 radical (unpaired) electrons. The first-order valence-corrected chi connectivity index (χ1v) is 12.1. The molecule has 1 aromatic heterocycles. The third-order valence-corrected chi connectivity index (χ3v) is 5.47. The maximum Gasteiger partial charge on any atom is 0.302 e. The van der Waals surface area contributed by atoms with Crippen LogP contribution >= 0.6 is 0 Å². The quantitative estimate of drug-likeness (QED) is 0.213. The summed E-state index contributed by atoms with van der Waals surface area (Å²) in [7, 11) is 0. The molecule has 11 nitrogen and oxygen atoms in total. The Hall–Kier alpha value is -4.41. The number of fused-ring (bicyclic) bond motifs is 1. The smallest absolute Gasteiger partial charge is 0.302 e. The van der Waals surface area contributed by atoms with E-state index in [1.54, 1.807) is 24.3 Å². The van der Waals surface area contributed by atoms with Crippen molar-refractivity contribution in [1.29, 1.82) is 0 Å². The molecule has 0 saturated carbocycles. The molecule has 1 unspecified atom stereocenters. The number of carbonyl (C=O) groups excluding carboxylic acids is 2. The van der Waals surface area contributed by atoms with Gasteiger partial charge in [0.2, 0.25) is 5.91 Å². The molecule has 1 amide bonds. The van der Waals surface area contributed by atoms with Gasteiger partial charge in [-0.05, 0) is 72.0 Å². The van der Waals surface area contributed by atoms with Gasteiger partial charge in [-0.15, -0.1) is 5.10 Å². The van der Waals surface area contributed by atoms with E-state index in [1.165, 1.54) is 13.0 Å². The van der Waals surface area contributed by atoms with Crippen molar-refractivity contribution in [2.45, 2.75) is 38.7 Å². The van der Waals surface area contributed by atoms with Crippen molar-refractivity contribution in [2.75, 3.05) is 25.1 Å². The second kappa shape index (κ2) is 13.1. The van der Waals surface area contributed by atoms with Gasteiger partial charge in [0.25, 0.3) is 0 Å². The summed E-state index contributed by atoms with van der Waals surface area (Å²) in [5.74, 6) is 1.61. The van der Waals surface area contributed by atoms with E-state index in [9.17, 15) is 9.59 Å². The van der Waals surface area contributed by atoms with Crippen molar-refractivity contribution in [3.8, 4) is 17.2 Å². The summed E-state index contributed by atoms with van der Waals surface area (Å²) >= 11 is 0. The normalized spacial score (nSPS) is 14.4. The molecule has 2 aromatic carbocycles. The summed E-state index contributed by atoms with van der Waals surface area (Å²) in [6, 6.07) is 12.8. The van der Waals surface area contributed by atoms with Crippen LogP contribution in [0.15, 0.2) is 48.5 Å². The summed E-state index contributed by atoms with van der Waals surface area (Å²) in [5, 5.41) is 16.5. The number of anilines is 1. The van der Waals surface area contributed by atoms with E-state index in [1.807, 2.05) is 24.3 Å². The maximum atomic E-state index is 12.6. The van der Waals surface area contributed by atoms with Gasteiger partial charge in [-0.1, -0.05) is 18.2 Å². The highest BCUT2D eigenvalue weighted by molar-refractivity contribution is 6.03. The zero-order valence-corrected chi connectivity index (χ0v) is 20.5. The van der Waals surface area contributed by atoms with Gasteiger partial charge in [-0.2, -0.15) is 0 Å². The van der Waals surface area contributed by atoms with Gasteiger partial charge in [-0.3, -0.25) is 9.59 Å². The van der Waals surface area contributed by atoms with Crippen LogP contribution in [0.25, 0.3) is 6.08 Å². The number of para-hydroxylation sites is 1. The zero-order chi connectivity index (χ0) is 25.9. The lowest BCUT2D eigenvalue weighted by molar-refractivity contribution is -0.141. The number of nitrogens with one attached hydrogen (secondary N) is 2. The molecule has 3 aromatic rings. The Balaban J connectivity index is 1.22. The predicted molar refractivity (Wildman–Crippen MR) is 134 cm³/mol. The van der Waals surface area contributed by atoms with Crippen molar-refractivity contribution in [3.63, 3.8) is 0 Å². The molecule has 1 aliphatic heterocycles. The van der Waals surface area contributed by atoms with Crippen LogP contribution in [0, 0.1) is 0 Å². The first-order chi connectivity index (χ1) is 18.1. The highest BCUT2D eigenvalue weighted by atomic mass is 16.6. The largest absolute Gasteiger partial charge is 0.494 e. The van der Waals surface area contributed by atoms with E-state index in [0.29, 0.717) is 36.2 Å².